The van der Waals surface area contributed by atoms with Crippen LogP contribution in [0.2, 0.25) is 0 Å². The first-order valence-electron chi connectivity index (χ1n) is 18.9. The third kappa shape index (κ3) is 5.67. The van der Waals surface area contributed by atoms with Crippen LogP contribution in [0.15, 0.2) is 212 Å². The first-order valence-corrected chi connectivity index (χ1v) is 18.9. The molecule has 56 heavy (non-hydrogen) atoms. The summed E-state index contributed by atoms with van der Waals surface area (Å²) in [5, 5.41) is 0. The third-order valence-electron chi connectivity index (χ3n) is 10.7. The van der Waals surface area contributed by atoms with Crippen molar-refractivity contribution in [1.82, 2.24) is 15.0 Å². The van der Waals surface area contributed by atoms with Crippen molar-refractivity contribution in [2.45, 2.75) is 5.41 Å². The maximum atomic E-state index is 6.61. The van der Waals surface area contributed by atoms with E-state index in [-0.39, 0.29) is 0 Å². The minimum absolute atomic E-state index is 0.607. The van der Waals surface area contributed by atoms with Crippen LogP contribution in [0.3, 0.4) is 0 Å². The molecule has 9 aromatic rings. The van der Waals surface area contributed by atoms with Gasteiger partial charge in [0.05, 0.1) is 5.41 Å². The summed E-state index contributed by atoms with van der Waals surface area (Å²) in [5.41, 5.74) is 11.0. The van der Waals surface area contributed by atoms with E-state index >= 15 is 0 Å². The Hall–Kier alpha value is -7.43. The standard InChI is InChI=1S/C52H35N3O/c1-4-19-36(20-5-1)41-27-10-11-29-43(41)51-54-49(37-21-6-2-7-22-37)53-50(55-51)39-24-18-23-38(35-39)42-28-12-13-30-44(42)52(40-25-8-3-9-26-40)45-31-14-16-33-47(45)56-48-34-17-15-32-46(48)52/h1-35H. The van der Waals surface area contributed by atoms with Gasteiger partial charge < -0.3 is 4.74 Å². The minimum Gasteiger partial charge on any atom is -0.457 e. The van der Waals surface area contributed by atoms with Crippen molar-refractivity contribution >= 4 is 0 Å². The zero-order chi connectivity index (χ0) is 37.3. The van der Waals surface area contributed by atoms with Gasteiger partial charge in [0, 0.05) is 27.8 Å². The van der Waals surface area contributed by atoms with Crippen molar-refractivity contribution in [3.05, 3.63) is 235 Å². The lowest BCUT2D eigenvalue weighted by atomic mass is 9.62. The zero-order valence-corrected chi connectivity index (χ0v) is 30.5. The van der Waals surface area contributed by atoms with Crippen molar-refractivity contribution in [3.63, 3.8) is 0 Å². The predicted molar refractivity (Wildman–Crippen MR) is 225 cm³/mol. The molecule has 1 aliphatic rings. The molecule has 264 valence electrons. The van der Waals surface area contributed by atoms with E-state index in [2.05, 4.69) is 158 Å². The van der Waals surface area contributed by atoms with E-state index in [0.29, 0.717) is 17.5 Å². The molecule has 0 N–H and O–H groups in total. The second kappa shape index (κ2) is 14.1. The van der Waals surface area contributed by atoms with Crippen LogP contribution in [-0.4, -0.2) is 15.0 Å². The summed E-state index contributed by atoms with van der Waals surface area (Å²) < 4.78 is 6.61. The Morgan fingerprint density at radius 3 is 1.41 bits per heavy atom. The van der Waals surface area contributed by atoms with Gasteiger partial charge in [-0.1, -0.05) is 194 Å². The molecule has 2 heterocycles. The summed E-state index contributed by atoms with van der Waals surface area (Å²) in [4.78, 5) is 15.4. The SMILES string of the molecule is c1ccc(-c2nc(-c3cccc(-c4ccccc4C4(c5ccccc5)c5ccccc5Oc5ccccc54)c3)nc(-c3ccccc3-c3ccccc3)n2)cc1. The number of hydrogen-bond donors (Lipinski definition) is 0. The molecule has 0 unspecified atom stereocenters. The molecule has 0 atom stereocenters. The molecular formula is C52H35N3O. The van der Waals surface area contributed by atoms with Crippen LogP contribution in [0.5, 0.6) is 11.5 Å². The van der Waals surface area contributed by atoms with Crippen LogP contribution >= 0.6 is 0 Å². The van der Waals surface area contributed by atoms with E-state index in [0.717, 1.165) is 67.1 Å². The summed E-state index contributed by atoms with van der Waals surface area (Å²) in [6, 6.07) is 73.9. The lowest BCUT2D eigenvalue weighted by molar-refractivity contribution is 0.434. The van der Waals surface area contributed by atoms with E-state index in [9.17, 15) is 0 Å². The van der Waals surface area contributed by atoms with Crippen molar-refractivity contribution in [2.24, 2.45) is 0 Å². The molecule has 0 amide bonds. The molecule has 10 rings (SSSR count). The molecule has 4 nitrogen and oxygen atoms in total. The summed E-state index contributed by atoms with van der Waals surface area (Å²) in [6.45, 7) is 0. The number of aromatic nitrogens is 3. The molecule has 4 heteroatoms. The molecule has 8 aromatic carbocycles. The topological polar surface area (TPSA) is 47.9 Å². The average Bonchev–Trinajstić information content (AvgIpc) is 3.29. The first kappa shape index (κ1) is 33.2. The van der Waals surface area contributed by atoms with E-state index in [4.69, 9.17) is 19.7 Å². The molecule has 0 fully saturated rings. The van der Waals surface area contributed by atoms with Crippen LogP contribution in [0, 0.1) is 0 Å². The van der Waals surface area contributed by atoms with Crippen LogP contribution in [0.1, 0.15) is 22.3 Å². The molecule has 0 bridgehead atoms. The molecule has 0 spiro atoms. The van der Waals surface area contributed by atoms with Gasteiger partial charge in [0.1, 0.15) is 11.5 Å². The minimum atomic E-state index is -0.665. The Labute approximate surface area is 326 Å². The highest BCUT2D eigenvalue weighted by molar-refractivity contribution is 5.83. The number of hydrogen-bond acceptors (Lipinski definition) is 4. The number of fused-ring (bicyclic) bond motifs is 2. The van der Waals surface area contributed by atoms with Gasteiger partial charge in [-0.05, 0) is 51.6 Å². The number of benzene rings is 8. The van der Waals surface area contributed by atoms with Crippen LogP contribution in [0.25, 0.3) is 56.4 Å². The van der Waals surface area contributed by atoms with Crippen LogP contribution in [0.4, 0.5) is 0 Å². The van der Waals surface area contributed by atoms with Gasteiger partial charge in [0.2, 0.25) is 0 Å². The van der Waals surface area contributed by atoms with Gasteiger partial charge in [0.15, 0.2) is 17.5 Å². The maximum Gasteiger partial charge on any atom is 0.164 e. The van der Waals surface area contributed by atoms with Gasteiger partial charge in [0.25, 0.3) is 0 Å². The fourth-order valence-corrected chi connectivity index (χ4v) is 8.22. The number of rotatable bonds is 7. The summed E-state index contributed by atoms with van der Waals surface area (Å²) >= 11 is 0. The first-order chi connectivity index (χ1) is 27.8. The smallest absolute Gasteiger partial charge is 0.164 e. The summed E-state index contributed by atoms with van der Waals surface area (Å²) in [6.07, 6.45) is 0. The van der Waals surface area contributed by atoms with Crippen LogP contribution in [-0.2, 0) is 5.41 Å². The normalized spacial score (nSPS) is 12.6. The fourth-order valence-electron chi connectivity index (χ4n) is 8.22. The monoisotopic (exact) mass is 717 g/mol. The van der Waals surface area contributed by atoms with Crippen molar-refractivity contribution in [3.8, 4) is 67.9 Å². The molecule has 1 aliphatic heterocycles. The Balaban J connectivity index is 1.19. The largest absolute Gasteiger partial charge is 0.457 e. The van der Waals surface area contributed by atoms with E-state index in [1.165, 1.54) is 5.56 Å². The van der Waals surface area contributed by atoms with Gasteiger partial charge in [-0.3, -0.25) is 0 Å². The predicted octanol–water partition coefficient (Wildman–Crippen LogP) is 12.7. The Kier molecular flexibility index (Phi) is 8.34. The van der Waals surface area contributed by atoms with Gasteiger partial charge in [-0.2, -0.15) is 0 Å². The second-order valence-electron chi connectivity index (χ2n) is 13.9. The highest BCUT2D eigenvalue weighted by Gasteiger charge is 2.46. The third-order valence-corrected chi connectivity index (χ3v) is 10.7. The second-order valence-corrected chi connectivity index (χ2v) is 13.9. The van der Waals surface area contributed by atoms with Crippen molar-refractivity contribution in [2.75, 3.05) is 0 Å². The molecule has 0 aliphatic carbocycles. The molecule has 0 radical (unpaired) electrons. The van der Waals surface area contributed by atoms with Gasteiger partial charge >= 0.3 is 0 Å². The maximum absolute atomic E-state index is 6.61. The molecule has 1 aromatic heterocycles. The Morgan fingerprint density at radius 2 is 0.750 bits per heavy atom. The molecule has 0 saturated carbocycles. The number of para-hydroxylation sites is 2. The summed E-state index contributed by atoms with van der Waals surface area (Å²) in [7, 11) is 0. The Morgan fingerprint density at radius 1 is 0.304 bits per heavy atom. The van der Waals surface area contributed by atoms with Crippen LogP contribution < -0.4 is 4.74 Å². The number of nitrogens with zero attached hydrogens (tertiary/aromatic N) is 3. The van der Waals surface area contributed by atoms with Crippen molar-refractivity contribution in [1.29, 1.82) is 0 Å². The van der Waals surface area contributed by atoms with E-state index in [1.54, 1.807) is 0 Å². The summed E-state index contributed by atoms with van der Waals surface area (Å²) in [5.74, 6) is 3.55. The Bertz CT molecular complexity index is 2790. The lowest BCUT2D eigenvalue weighted by Gasteiger charge is -2.42. The van der Waals surface area contributed by atoms with E-state index < -0.39 is 5.41 Å². The average molecular weight is 718 g/mol. The lowest BCUT2D eigenvalue weighted by Crippen LogP contribution is -2.34. The van der Waals surface area contributed by atoms with E-state index in [1.807, 2.05) is 54.6 Å². The molecule has 0 saturated heterocycles. The fraction of sp³-hybridized carbons (Fsp3) is 0.0192. The number of ether oxygens (including phenoxy) is 1. The van der Waals surface area contributed by atoms with Gasteiger partial charge in [-0.15, -0.1) is 0 Å². The quantitative estimate of drug-likeness (QED) is 0.165. The highest BCUT2D eigenvalue weighted by atomic mass is 16.5. The van der Waals surface area contributed by atoms with Crippen molar-refractivity contribution < 1.29 is 4.74 Å². The zero-order valence-electron chi connectivity index (χ0n) is 30.5. The highest BCUT2D eigenvalue weighted by Crippen LogP contribution is 2.56. The molecular weight excluding hydrogens is 683 g/mol. The van der Waals surface area contributed by atoms with Gasteiger partial charge in [-0.25, -0.2) is 15.0 Å².